The first-order valence-corrected chi connectivity index (χ1v) is 10.8. The molecular weight excluding hydrogens is 395 g/mol. The van der Waals surface area contributed by atoms with Gasteiger partial charge in [0.1, 0.15) is 5.82 Å². The van der Waals surface area contributed by atoms with E-state index in [-0.39, 0.29) is 17.6 Å². The first-order chi connectivity index (χ1) is 15.2. The summed E-state index contributed by atoms with van der Waals surface area (Å²) in [4.78, 5) is 19.0. The molecule has 2 heterocycles. The van der Waals surface area contributed by atoms with Crippen LogP contribution in [0.5, 0.6) is 0 Å². The lowest BCUT2D eigenvalue weighted by Crippen LogP contribution is -2.42. The molecule has 1 N–H and O–H groups in total. The van der Waals surface area contributed by atoms with Crippen LogP contribution in [0.25, 0.3) is 11.4 Å². The van der Waals surface area contributed by atoms with Crippen LogP contribution in [0, 0.1) is 5.82 Å². The molecule has 0 spiro atoms. The minimum absolute atomic E-state index is 0.0414. The normalized spacial score (nSPS) is 16.9. The van der Waals surface area contributed by atoms with Crippen molar-refractivity contribution in [1.82, 2.24) is 20.4 Å². The molecule has 1 aliphatic heterocycles. The number of amides is 1. The molecule has 0 radical (unpaired) electrons. The zero-order valence-corrected chi connectivity index (χ0v) is 17.5. The van der Waals surface area contributed by atoms with E-state index in [0.29, 0.717) is 36.9 Å². The number of nitrogens with zero attached hydrogens (tertiary/aromatic N) is 3. The van der Waals surface area contributed by atoms with Crippen LogP contribution >= 0.6 is 0 Å². The number of likely N-dealkylation sites (tertiary alicyclic amines) is 1. The number of aromatic nitrogens is 2. The third-order valence-electron chi connectivity index (χ3n) is 5.55. The van der Waals surface area contributed by atoms with Crippen LogP contribution in [-0.2, 0) is 11.2 Å². The quantitative estimate of drug-likeness (QED) is 0.559. The van der Waals surface area contributed by atoms with Crippen molar-refractivity contribution in [3.05, 3.63) is 71.9 Å². The smallest absolute Gasteiger partial charge is 0.234 e. The Morgan fingerprint density at radius 2 is 2.06 bits per heavy atom. The summed E-state index contributed by atoms with van der Waals surface area (Å²) in [6.07, 6.45) is 3.77. The summed E-state index contributed by atoms with van der Waals surface area (Å²) in [7, 11) is 0. The summed E-state index contributed by atoms with van der Waals surface area (Å²) in [6.45, 7) is 2.61. The van der Waals surface area contributed by atoms with Gasteiger partial charge >= 0.3 is 0 Å². The van der Waals surface area contributed by atoms with E-state index in [1.54, 1.807) is 12.1 Å². The fourth-order valence-electron chi connectivity index (χ4n) is 3.97. The number of nitrogens with one attached hydrogen (secondary N) is 1. The Kier molecular flexibility index (Phi) is 7.04. The molecule has 0 saturated carbocycles. The number of hydrogen-bond acceptors (Lipinski definition) is 5. The molecule has 1 fully saturated rings. The maximum Gasteiger partial charge on any atom is 0.234 e. The van der Waals surface area contributed by atoms with Crippen LogP contribution in [0.4, 0.5) is 4.39 Å². The summed E-state index contributed by atoms with van der Waals surface area (Å²) in [5, 5.41) is 7.03. The molecule has 1 amide bonds. The van der Waals surface area contributed by atoms with E-state index in [2.05, 4.69) is 32.5 Å². The van der Waals surface area contributed by atoms with Gasteiger partial charge in [-0.2, -0.15) is 4.98 Å². The summed E-state index contributed by atoms with van der Waals surface area (Å²) in [5.41, 5.74) is 1.88. The van der Waals surface area contributed by atoms with Crippen molar-refractivity contribution in [2.24, 2.45) is 0 Å². The van der Waals surface area contributed by atoms with Crippen LogP contribution in [0.3, 0.4) is 0 Å². The van der Waals surface area contributed by atoms with E-state index >= 15 is 0 Å². The van der Waals surface area contributed by atoms with Gasteiger partial charge in [-0.15, -0.1) is 0 Å². The van der Waals surface area contributed by atoms with E-state index in [1.807, 2.05) is 18.2 Å². The molecule has 1 aromatic heterocycles. The third-order valence-corrected chi connectivity index (χ3v) is 5.55. The van der Waals surface area contributed by atoms with Gasteiger partial charge < -0.3 is 9.84 Å². The molecule has 1 unspecified atom stereocenters. The topological polar surface area (TPSA) is 71.3 Å². The fraction of sp³-hybridized carbons (Fsp3) is 0.375. The number of hydrogen-bond donors (Lipinski definition) is 1. The monoisotopic (exact) mass is 422 g/mol. The molecule has 3 aromatic rings. The van der Waals surface area contributed by atoms with E-state index in [4.69, 9.17) is 4.52 Å². The summed E-state index contributed by atoms with van der Waals surface area (Å²) >= 11 is 0. The molecular formula is C24H27FN4O2. The number of rotatable bonds is 8. The predicted molar refractivity (Wildman–Crippen MR) is 116 cm³/mol. The second-order valence-corrected chi connectivity index (χ2v) is 7.98. The predicted octanol–water partition coefficient (Wildman–Crippen LogP) is 3.80. The van der Waals surface area contributed by atoms with Gasteiger partial charge in [0, 0.05) is 18.7 Å². The minimum Gasteiger partial charge on any atom is -0.355 e. The van der Waals surface area contributed by atoms with Crippen LogP contribution in [0.2, 0.25) is 0 Å². The number of aryl methyl sites for hydroxylation is 1. The Balaban J connectivity index is 1.24. The Morgan fingerprint density at radius 1 is 1.19 bits per heavy atom. The van der Waals surface area contributed by atoms with Gasteiger partial charge in [0.15, 0.2) is 0 Å². The second kappa shape index (κ2) is 10.3. The van der Waals surface area contributed by atoms with Crippen LogP contribution in [0.15, 0.2) is 59.1 Å². The standard InChI is InChI=1S/C24H27FN4O2/c25-21-12-4-10-19(15-21)23-27-24(31-28-23)20-11-6-14-29(16-20)17-22(30)26-13-5-9-18-7-2-1-3-8-18/h1-4,7-8,10,12,15,20H,5-6,9,11,13-14,16-17H2,(H,26,30). The zero-order valence-electron chi connectivity index (χ0n) is 17.5. The van der Waals surface area contributed by atoms with E-state index in [0.717, 1.165) is 32.2 Å². The maximum absolute atomic E-state index is 13.5. The first kappa shape index (κ1) is 21.2. The number of carbonyl (C=O) groups is 1. The fourth-order valence-corrected chi connectivity index (χ4v) is 3.97. The third kappa shape index (κ3) is 5.98. The van der Waals surface area contributed by atoms with Crippen LogP contribution in [0.1, 0.15) is 36.6 Å². The second-order valence-electron chi connectivity index (χ2n) is 7.98. The molecule has 4 rings (SSSR count). The Labute approximate surface area is 181 Å². The van der Waals surface area contributed by atoms with Crippen LogP contribution in [-0.4, -0.2) is 47.1 Å². The average molecular weight is 423 g/mol. The Hall–Kier alpha value is -3.06. The lowest BCUT2D eigenvalue weighted by molar-refractivity contribution is -0.122. The molecule has 0 aliphatic carbocycles. The highest BCUT2D eigenvalue weighted by atomic mass is 19.1. The van der Waals surface area contributed by atoms with Crippen molar-refractivity contribution < 1.29 is 13.7 Å². The molecule has 1 saturated heterocycles. The average Bonchev–Trinajstić information content (AvgIpc) is 3.28. The SMILES string of the molecule is O=C(CN1CCCC(c2nc(-c3cccc(F)c3)no2)C1)NCCCc1ccccc1. The van der Waals surface area contributed by atoms with Crippen molar-refractivity contribution >= 4 is 5.91 Å². The van der Waals surface area contributed by atoms with Gasteiger partial charge in [0.05, 0.1) is 12.5 Å². The van der Waals surface area contributed by atoms with Gasteiger partial charge in [0.25, 0.3) is 0 Å². The summed E-state index contributed by atoms with van der Waals surface area (Å²) < 4.78 is 18.9. The van der Waals surface area contributed by atoms with Crippen molar-refractivity contribution in [2.75, 3.05) is 26.2 Å². The van der Waals surface area contributed by atoms with Gasteiger partial charge in [-0.3, -0.25) is 9.69 Å². The molecule has 6 nitrogen and oxygen atoms in total. The largest absolute Gasteiger partial charge is 0.355 e. The molecule has 1 atom stereocenters. The van der Waals surface area contributed by atoms with Gasteiger partial charge in [-0.25, -0.2) is 4.39 Å². The van der Waals surface area contributed by atoms with Crippen molar-refractivity contribution in [3.63, 3.8) is 0 Å². The van der Waals surface area contributed by atoms with Crippen LogP contribution < -0.4 is 5.32 Å². The number of piperidine rings is 1. The first-order valence-electron chi connectivity index (χ1n) is 10.8. The highest BCUT2D eigenvalue weighted by Gasteiger charge is 2.27. The number of benzene rings is 2. The summed E-state index contributed by atoms with van der Waals surface area (Å²) in [6, 6.07) is 16.4. The lowest BCUT2D eigenvalue weighted by atomic mass is 9.98. The van der Waals surface area contributed by atoms with Gasteiger partial charge in [0.2, 0.25) is 17.6 Å². The molecule has 31 heavy (non-hydrogen) atoms. The molecule has 162 valence electrons. The maximum atomic E-state index is 13.5. The van der Waals surface area contributed by atoms with Gasteiger partial charge in [-0.1, -0.05) is 47.6 Å². The Morgan fingerprint density at radius 3 is 2.90 bits per heavy atom. The zero-order chi connectivity index (χ0) is 21.5. The van der Waals surface area contributed by atoms with E-state index < -0.39 is 0 Å². The minimum atomic E-state index is -0.331. The summed E-state index contributed by atoms with van der Waals surface area (Å²) in [5.74, 6) is 0.728. The Bertz CT molecular complexity index is 992. The lowest BCUT2D eigenvalue weighted by Gasteiger charge is -2.30. The van der Waals surface area contributed by atoms with E-state index in [9.17, 15) is 9.18 Å². The number of halogens is 1. The molecule has 0 bridgehead atoms. The van der Waals surface area contributed by atoms with Crippen molar-refractivity contribution in [2.45, 2.75) is 31.6 Å². The van der Waals surface area contributed by atoms with Crippen molar-refractivity contribution in [1.29, 1.82) is 0 Å². The number of carbonyl (C=O) groups excluding carboxylic acids is 1. The molecule has 7 heteroatoms. The highest BCUT2D eigenvalue weighted by molar-refractivity contribution is 5.78. The molecule has 1 aliphatic rings. The highest BCUT2D eigenvalue weighted by Crippen LogP contribution is 2.27. The van der Waals surface area contributed by atoms with E-state index in [1.165, 1.54) is 17.7 Å². The molecule has 2 aromatic carbocycles. The van der Waals surface area contributed by atoms with Gasteiger partial charge in [-0.05, 0) is 49.9 Å². The van der Waals surface area contributed by atoms with Crippen molar-refractivity contribution in [3.8, 4) is 11.4 Å².